The van der Waals surface area contributed by atoms with E-state index in [1.165, 1.54) is 5.56 Å². The number of amides is 1. The van der Waals surface area contributed by atoms with Gasteiger partial charge < -0.3 is 19.1 Å². The Morgan fingerprint density at radius 2 is 1.69 bits per heavy atom. The monoisotopic (exact) mass is 355 g/mol. The molecule has 0 fully saturated rings. The lowest BCUT2D eigenvalue weighted by Crippen LogP contribution is -2.38. The minimum Gasteiger partial charge on any atom is -0.493 e. The molecule has 0 atom stereocenters. The normalized spacial score (nSPS) is 13.2. The number of fused-ring (bicyclic) bond motifs is 1. The van der Waals surface area contributed by atoms with Crippen LogP contribution in [0.25, 0.3) is 0 Å². The fraction of sp³-hybridized carbons (Fsp3) is 0.381. The van der Waals surface area contributed by atoms with Crippen LogP contribution in [-0.2, 0) is 17.8 Å². The summed E-state index contributed by atoms with van der Waals surface area (Å²) < 4.78 is 16.5. The van der Waals surface area contributed by atoms with Gasteiger partial charge in [-0.15, -0.1) is 0 Å². The van der Waals surface area contributed by atoms with Crippen molar-refractivity contribution in [2.45, 2.75) is 26.8 Å². The van der Waals surface area contributed by atoms with E-state index < -0.39 is 0 Å². The molecule has 1 aliphatic heterocycles. The third kappa shape index (κ3) is 3.77. The summed E-state index contributed by atoms with van der Waals surface area (Å²) in [5, 5.41) is 0. The van der Waals surface area contributed by atoms with Crippen LogP contribution in [0, 0.1) is 13.8 Å². The topological polar surface area (TPSA) is 48.0 Å². The molecule has 26 heavy (non-hydrogen) atoms. The van der Waals surface area contributed by atoms with Crippen LogP contribution in [0.4, 0.5) is 0 Å². The van der Waals surface area contributed by atoms with Gasteiger partial charge in [-0.1, -0.05) is 12.1 Å². The molecule has 0 saturated carbocycles. The van der Waals surface area contributed by atoms with E-state index in [-0.39, 0.29) is 12.5 Å². The maximum atomic E-state index is 12.6. The highest BCUT2D eigenvalue weighted by Gasteiger charge is 2.23. The molecule has 1 heterocycles. The summed E-state index contributed by atoms with van der Waals surface area (Å²) in [4.78, 5) is 14.4. The molecule has 0 saturated heterocycles. The summed E-state index contributed by atoms with van der Waals surface area (Å²) in [7, 11) is 3.25. The number of carbonyl (C=O) groups excluding carboxylic acids is 1. The number of nitrogens with zero attached hydrogens (tertiary/aromatic N) is 1. The van der Waals surface area contributed by atoms with Crippen LogP contribution >= 0.6 is 0 Å². The maximum Gasteiger partial charge on any atom is 0.260 e. The molecule has 0 aliphatic carbocycles. The smallest absolute Gasteiger partial charge is 0.260 e. The highest BCUT2D eigenvalue weighted by molar-refractivity contribution is 5.78. The molecule has 5 nitrogen and oxygen atoms in total. The summed E-state index contributed by atoms with van der Waals surface area (Å²) in [5.41, 5.74) is 4.44. The highest BCUT2D eigenvalue weighted by Crippen LogP contribution is 2.33. The van der Waals surface area contributed by atoms with Gasteiger partial charge in [0.25, 0.3) is 5.91 Å². The Bertz CT molecular complexity index is 816. The Hall–Kier alpha value is -2.69. The number of hydrogen-bond donors (Lipinski definition) is 0. The molecule has 0 unspecified atom stereocenters. The van der Waals surface area contributed by atoms with Crippen LogP contribution in [0.5, 0.6) is 17.2 Å². The number of carbonyl (C=O) groups is 1. The van der Waals surface area contributed by atoms with Gasteiger partial charge in [-0.25, -0.2) is 0 Å². The molecule has 5 heteroatoms. The Labute approximate surface area is 154 Å². The first-order chi connectivity index (χ1) is 12.5. The second kappa shape index (κ2) is 7.68. The third-order valence-electron chi connectivity index (χ3n) is 4.77. The minimum absolute atomic E-state index is 0.00802. The quantitative estimate of drug-likeness (QED) is 0.826. The van der Waals surface area contributed by atoms with E-state index in [4.69, 9.17) is 14.2 Å². The molecule has 1 aliphatic rings. The predicted octanol–water partition coefficient (Wildman–Crippen LogP) is 3.28. The van der Waals surface area contributed by atoms with Gasteiger partial charge in [0.15, 0.2) is 18.1 Å². The SMILES string of the molecule is COc1cc2c(cc1OC)CN(C(=O)COc1cc(C)ccc1C)CC2. The fourth-order valence-corrected chi connectivity index (χ4v) is 3.19. The maximum absolute atomic E-state index is 12.6. The molecule has 0 aromatic heterocycles. The van der Waals surface area contributed by atoms with Crippen molar-refractivity contribution < 1.29 is 19.0 Å². The molecule has 3 rings (SSSR count). The van der Waals surface area contributed by atoms with Crippen molar-refractivity contribution in [1.82, 2.24) is 4.90 Å². The van der Waals surface area contributed by atoms with Gasteiger partial charge in [-0.05, 0) is 60.7 Å². The first-order valence-electron chi connectivity index (χ1n) is 8.73. The number of hydrogen-bond acceptors (Lipinski definition) is 4. The molecular weight excluding hydrogens is 330 g/mol. The Balaban J connectivity index is 1.68. The van der Waals surface area contributed by atoms with Crippen molar-refractivity contribution in [3.63, 3.8) is 0 Å². The summed E-state index contributed by atoms with van der Waals surface area (Å²) in [6.07, 6.45) is 0.797. The zero-order valence-electron chi connectivity index (χ0n) is 15.8. The molecular formula is C21H25NO4. The Morgan fingerprint density at radius 3 is 2.38 bits per heavy atom. The zero-order valence-corrected chi connectivity index (χ0v) is 15.8. The molecule has 2 aromatic carbocycles. The van der Waals surface area contributed by atoms with Gasteiger partial charge in [-0.2, -0.15) is 0 Å². The van der Waals surface area contributed by atoms with Crippen LogP contribution in [0.1, 0.15) is 22.3 Å². The van der Waals surface area contributed by atoms with Gasteiger partial charge in [-0.3, -0.25) is 4.79 Å². The molecule has 138 valence electrons. The number of ether oxygens (including phenoxy) is 3. The van der Waals surface area contributed by atoms with Crippen LogP contribution in [-0.4, -0.2) is 38.2 Å². The molecule has 1 amide bonds. The second-order valence-corrected chi connectivity index (χ2v) is 6.60. The lowest BCUT2D eigenvalue weighted by atomic mass is 9.99. The Morgan fingerprint density at radius 1 is 1.00 bits per heavy atom. The van der Waals surface area contributed by atoms with Crippen molar-refractivity contribution in [3.8, 4) is 17.2 Å². The lowest BCUT2D eigenvalue weighted by Gasteiger charge is -2.29. The van der Waals surface area contributed by atoms with Crippen LogP contribution in [0.2, 0.25) is 0 Å². The average Bonchev–Trinajstić information content (AvgIpc) is 2.66. The van der Waals surface area contributed by atoms with Crippen molar-refractivity contribution in [2.24, 2.45) is 0 Å². The van der Waals surface area contributed by atoms with E-state index in [0.717, 1.165) is 34.6 Å². The predicted molar refractivity (Wildman–Crippen MR) is 100 cm³/mol. The van der Waals surface area contributed by atoms with Gasteiger partial charge in [0, 0.05) is 13.1 Å². The van der Waals surface area contributed by atoms with E-state index in [1.54, 1.807) is 14.2 Å². The first kappa shape index (κ1) is 18.1. The van der Waals surface area contributed by atoms with Gasteiger partial charge in [0.1, 0.15) is 5.75 Å². The van der Waals surface area contributed by atoms with Gasteiger partial charge in [0.05, 0.1) is 14.2 Å². The molecule has 0 radical (unpaired) electrons. The van der Waals surface area contributed by atoms with Crippen LogP contribution in [0.3, 0.4) is 0 Å². The summed E-state index contributed by atoms with van der Waals surface area (Å²) in [5.74, 6) is 2.17. The lowest BCUT2D eigenvalue weighted by molar-refractivity contribution is -0.134. The molecule has 0 N–H and O–H groups in total. The summed E-state index contributed by atoms with van der Waals surface area (Å²) >= 11 is 0. The Kier molecular flexibility index (Phi) is 5.35. The summed E-state index contributed by atoms with van der Waals surface area (Å²) in [6, 6.07) is 9.96. The average molecular weight is 355 g/mol. The number of benzene rings is 2. The van der Waals surface area contributed by atoms with Crippen molar-refractivity contribution >= 4 is 5.91 Å². The number of methoxy groups -OCH3 is 2. The minimum atomic E-state index is -0.00802. The van der Waals surface area contributed by atoms with E-state index >= 15 is 0 Å². The van der Waals surface area contributed by atoms with Gasteiger partial charge in [0.2, 0.25) is 0 Å². The molecule has 0 bridgehead atoms. The van der Waals surface area contributed by atoms with E-state index in [9.17, 15) is 4.79 Å². The van der Waals surface area contributed by atoms with E-state index in [0.29, 0.717) is 18.8 Å². The van der Waals surface area contributed by atoms with Crippen molar-refractivity contribution in [2.75, 3.05) is 27.4 Å². The third-order valence-corrected chi connectivity index (χ3v) is 4.77. The van der Waals surface area contributed by atoms with E-state index in [1.807, 2.05) is 49.1 Å². The fourth-order valence-electron chi connectivity index (χ4n) is 3.19. The highest BCUT2D eigenvalue weighted by atomic mass is 16.5. The van der Waals surface area contributed by atoms with Gasteiger partial charge >= 0.3 is 0 Å². The largest absolute Gasteiger partial charge is 0.493 e. The van der Waals surface area contributed by atoms with Crippen LogP contribution in [0.15, 0.2) is 30.3 Å². The van der Waals surface area contributed by atoms with Crippen molar-refractivity contribution in [1.29, 1.82) is 0 Å². The van der Waals surface area contributed by atoms with Crippen LogP contribution < -0.4 is 14.2 Å². The molecule has 2 aromatic rings. The second-order valence-electron chi connectivity index (χ2n) is 6.60. The zero-order chi connectivity index (χ0) is 18.7. The first-order valence-corrected chi connectivity index (χ1v) is 8.73. The standard InChI is InChI=1S/C21H25NO4/c1-14-5-6-15(2)18(9-14)26-13-21(23)22-8-7-16-10-19(24-3)20(25-4)11-17(16)12-22/h5-6,9-11H,7-8,12-13H2,1-4H3. The molecule has 0 spiro atoms. The summed E-state index contributed by atoms with van der Waals surface area (Å²) in [6.45, 7) is 5.28. The number of rotatable bonds is 5. The number of aryl methyl sites for hydroxylation is 2. The van der Waals surface area contributed by atoms with Crippen molar-refractivity contribution in [3.05, 3.63) is 52.6 Å². The van der Waals surface area contributed by atoms with E-state index in [2.05, 4.69) is 0 Å².